The van der Waals surface area contributed by atoms with Gasteiger partial charge < -0.3 is 15.5 Å². The lowest BCUT2D eigenvalue weighted by atomic mass is 10.1. The molecule has 0 aromatic heterocycles. The summed E-state index contributed by atoms with van der Waals surface area (Å²) in [6.07, 6.45) is 0. The molecule has 0 saturated heterocycles. The van der Waals surface area contributed by atoms with Crippen molar-refractivity contribution in [1.29, 1.82) is 0 Å². The molecular weight excluding hydrogens is 245 g/mol. The minimum atomic E-state index is -0.262. The number of hydrogen-bond acceptors (Lipinski definition) is 3. The second-order valence-electron chi connectivity index (χ2n) is 4.44. The zero-order valence-corrected chi connectivity index (χ0v) is 10.6. The number of benzene rings is 2. The van der Waals surface area contributed by atoms with E-state index in [0.29, 0.717) is 17.7 Å². The van der Waals surface area contributed by atoms with Crippen LogP contribution in [-0.2, 0) is 6.54 Å². The Balaban J connectivity index is 2.07. The molecule has 3 N–H and O–H groups in total. The molecule has 3 nitrogen and oxygen atoms in total. The van der Waals surface area contributed by atoms with Crippen LogP contribution in [0.3, 0.4) is 0 Å². The topological polar surface area (TPSA) is 52.5 Å². The second kappa shape index (κ2) is 5.71. The summed E-state index contributed by atoms with van der Waals surface area (Å²) in [5.74, 6) is -0.0685. The van der Waals surface area contributed by atoms with Gasteiger partial charge in [0.15, 0.2) is 0 Å². The van der Waals surface area contributed by atoms with Crippen molar-refractivity contribution >= 4 is 0 Å². The summed E-state index contributed by atoms with van der Waals surface area (Å²) in [5, 5.41) is 22.3. The standard InChI is InChI=1S/C15H16FNO2/c1-10(13-8-12(18)6-7-15(13)19)17-9-11-4-2-3-5-14(11)16/h2-8,10,17-19H,9H2,1H3. The summed E-state index contributed by atoms with van der Waals surface area (Å²) in [5.41, 5.74) is 1.14. The van der Waals surface area contributed by atoms with Gasteiger partial charge in [-0.25, -0.2) is 4.39 Å². The summed E-state index contributed by atoms with van der Waals surface area (Å²) in [4.78, 5) is 0. The lowest BCUT2D eigenvalue weighted by Gasteiger charge is -2.16. The van der Waals surface area contributed by atoms with Gasteiger partial charge in [-0.15, -0.1) is 0 Å². The molecule has 0 aliphatic carbocycles. The molecule has 19 heavy (non-hydrogen) atoms. The third kappa shape index (κ3) is 3.23. The Hall–Kier alpha value is -2.07. The van der Waals surface area contributed by atoms with E-state index in [1.54, 1.807) is 18.2 Å². The van der Waals surface area contributed by atoms with Gasteiger partial charge in [-0.2, -0.15) is 0 Å². The quantitative estimate of drug-likeness (QED) is 0.741. The fourth-order valence-corrected chi connectivity index (χ4v) is 1.90. The largest absolute Gasteiger partial charge is 0.508 e. The van der Waals surface area contributed by atoms with Crippen molar-refractivity contribution in [2.75, 3.05) is 0 Å². The second-order valence-corrected chi connectivity index (χ2v) is 4.44. The number of phenolic OH excluding ortho intramolecular Hbond substituents is 2. The van der Waals surface area contributed by atoms with Gasteiger partial charge in [0.1, 0.15) is 17.3 Å². The molecule has 0 aliphatic heterocycles. The molecule has 1 unspecified atom stereocenters. The van der Waals surface area contributed by atoms with Crippen molar-refractivity contribution < 1.29 is 14.6 Å². The predicted molar refractivity (Wildman–Crippen MR) is 71.4 cm³/mol. The molecule has 0 radical (unpaired) electrons. The maximum Gasteiger partial charge on any atom is 0.127 e. The maximum atomic E-state index is 13.5. The first-order valence-corrected chi connectivity index (χ1v) is 6.06. The maximum absolute atomic E-state index is 13.5. The van der Waals surface area contributed by atoms with Gasteiger partial charge in [-0.1, -0.05) is 18.2 Å². The summed E-state index contributed by atoms with van der Waals surface area (Å²) in [6, 6.07) is 10.7. The van der Waals surface area contributed by atoms with Crippen LogP contribution in [0.15, 0.2) is 42.5 Å². The minimum Gasteiger partial charge on any atom is -0.508 e. The number of phenols is 2. The molecular formula is C15H16FNO2. The van der Waals surface area contributed by atoms with Gasteiger partial charge in [0.05, 0.1) is 0 Å². The van der Waals surface area contributed by atoms with Gasteiger partial charge in [0, 0.05) is 23.7 Å². The van der Waals surface area contributed by atoms with Crippen LogP contribution in [0.1, 0.15) is 24.1 Å². The van der Waals surface area contributed by atoms with E-state index in [0.717, 1.165) is 0 Å². The average Bonchev–Trinajstić information content (AvgIpc) is 2.40. The van der Waals surface area contributed by atoms with Crippen molar-refractivity contribution in [3.8, 4) is 11.5 Å². The first-order valence-electron chi connectivity index (χ1n) is 6.06. The summed E-state index contributed by atoms with van der Waals surface area (Å²) < 4.78 is 13.5. The van der Waals surface area contributed by atoms with Gasteiger partial charge in [-0.05, 0) is 31.2 Å². The minimum absolute atomic E-state index is 0.0901. The Labute approximate surface area is 111 Å². The molecule has 2 rings (SSSR count). The molecule has 0 heterocycles. The number of rotatable bonds is 4. The Morgan fingerprint density at radius 3 is 2.63 bits per heavy atom. The summed E-state index contributed by atoms with van der Waals surface area (Å²) in [7, 11) is 0. The molecule has 1 atom stereocenters. The average molecular weight is 261 g/mol. The van der Waals surface area contributed by atoms with Crippen molar-refractivity contribution in [2.24, 2.45) is 0 Å². The SMILES string of the molecule is CC(NCc1ccccc1F)c1cc(O)ccc1O. The summed E-state index contributed by atoms with van der Waals surface area (Å²) >= 11 is 0. The highest BCUT2D eigenvalue weighted by atomic mass is 19.1. The normalized spacial score (nSPS) is 12.3. The zero-order valence-electron chi connectivity index (χ0n) is 10.6. The van der Waals surface area contributed by atoms with E-state index in [2.05, 4.69) is 5.32 Å². The third-order valence-electron chi connectivity index (χ3n) is 3.03. The van der Waals surface area contributed by atoms with Crippen molar-refractivity contribution in [3.63, 3.8) is 0 Å². The van der Waals surface area contributed by atoms with Crippen LogP contribution in [-0.4, -0.2) is 10.2 Å². The first kappa shape index (κ1) is 13.4. The highest BCUT2D eigenvalue weighted by Crippen LogP contribution is 2.27. The first-order chi connectivity index (χ1) is 9.08. The molecule has 0 saturated carbocycles. The number of hydrogen-bond donors (Lipinski definition) is 3. The highest BCUT2D eigenvalue weighted by molar-refractivity contribution is 5.40. The molecule has 4 heteroatoms. The van der Waals surface area contributed by atoms with Gasteiger partial charge in [-0.3, -0.25) is 0 Å². The third-order valence-corrected chi connectivity index (χ3v) is 3.03. The molecule has 2 aromatic rings. The zero-order chi connectivity index (χ0) is 13.8. The van der Waals surface area contributed by atoms with E-state index in [4.69, 9.17) is 0 Å². The fourth-order valence-electron chi connectivity index (χ4n) is 1.90. The van der Waals surface area contributed by atoms with E-state index in [1.807, 2.05) is 6.92 Å². The van der Waals surface area contributed by atoms with Gasteiger partial charge >= 0.3 is 0 Å². The van der Waals surface area contributed by atoms with Crippen molar-refractivity contribution in [3.05, 3.63) is 59.4 Å². The van der Waals surface area contributed by atoms with E-state index < -0.39 is 0 Å². The van der Waals surface area contributed by atoms with E-state index in [9.17, 15) is 14.6 Å². The van der Waals surface area contributed by atoms with Crippen LogP contribution in [0.5, 0.6) is 11.5 Å². The van der Waals surface area contributed by atoms with E-state index >= 15 is 0 Å². The summed E-state index contributed by atoms with van der Waals surface area (Å²) in [6.45, 7) is 2.19. The molecule has 0 spiro atoms. The van der Waals surface area contributed by atoms with Crippen molar-refractivity contribution in [1.82, 2.24) is 5.32 Å². The van der Waals surface area contributed by atoms with Crippen LogP contribution in [0, 0.1) is 5.82 Å². The Morgan fingerprint density at radius 1 is 1.16 bits per heavy atom. The lowest BCUT2D eigenvalue weighted by Crippen LogP contribution is -2.18. The molecule has 0 amide bonds. The van der Waals surface area contributed by atoms with Crippen molar-refractivity contribution in [2.45, 2.75) is 19.5 Å². The van der Waals surface area contributed by atoms with E-state index in [-0.39, 0.29) is 23.4 Å². The monoisotopic (exact) mass is 261 g/mol. The molecule has 2 aromatic carbocycles. The van der Waals surface area contributed by atoms with Crippen LogP contribution in [0.4, 0.5) is 4.39 Å². The van der Waals surface area contributed by atoms with Gasteiger partial charge in [0.25, 0.3) is 0 Å². The Morgan fingerprint density at radius 2 is 1.89 bits per heavy atom. The highest BCUT2D eigenvalue weighted by Gasteiger charge is 2.11. The lowest BCUT2D eigenvalue weighted by molar-refractivity contribution is 0.439. The molecule has 0 bridgehead atoms. The van der Waals surface area contributed by atoms with Gasteiger partial charge in [0.2, 0.25) is 0 Å². The Bertz CT molecular complexity index is 572. The van der Waals surface area contributed by atoms with E-state index in [1.165, 1.54) is 24.3 Å². The smallest absolute Gasteiger partial charge is 0.127 e. The number of aromatic hydroxyl groups is 2. The van der Waals surface area contributed by atoms with Crippen LogP contribution in [0.2, 0.25) is 0 Å². The molecule has 100 valence electrons. The Kier molecular flexibility index (Phi) is 4.02. The molecule has 0 aliphatic rings. The van der Waals surface area contributed by atoms with Crippen LogP contribution >= 0.6 is 0 Å². The van der Waals surface area contributed by atoms with Crippen LogP contribution in [0.25, 0.3) is 0 Å². The number of nitrogens with one attached hydrogen (secondary N) is 1. The van der Waals surface area contributed by atoms with Crippen LogP contribution < -0.4 is 5.32 Å². The number of halogens is 1. The predicted octanol–water partition coefficient (Wildman–Crippen LogP) is 3.09. The fraction of sp³-hybridized carbons (Fsp3) is 0.200. The molecule has 0 fully saturated rings.